The van der Waals surface area contributed by atoms with Crippen LogP contribution in [-0.2, 0) is 9.59 Å². The third kappa shape index (κ3) is 3.18. The van der Waals surface area contributed by atoms with Gasteiger partial charge in [-0.05, 0) is 12.1 Å². The summed E-state index contributed by atoms with van der Waals surface area (Å²) in [5.41, 5.74) is 0.435. The Morgan fingerprint density at radius 3 is 3.00 bits per heavy atom. The van der Waals surface area contributed by atoms with E-state index in [4.69, 9.17) is 9.84 Å². The van der Waals surface area contributed by atoms with E-state index in [0.717, 1.165) is 11.8 Å². The van der Waals surface area contributed by atoms with Gasteiger partial charge in [-0.1, -0.05) is 11.8 Å². The van der Waals surface area contributed by atoms with Crippen molar-refractivity contribution >= 4 is 29.3 Å². The van der Waals surface area contributed by atoms with Crippen LogP contribution in [0.2, 0.25) is 0 Å². The molecule has 0 spiro atoms. The first-order valence-electron chi connectivity index (χ1n) is 5.63. The molecule has 0 bridgehead atoms. The molecule has 8 nitrogen and oxygen atoms in total. The number of aromatic nitrogens is 3. The van der Waals surface area contributed by atoms with Gasteiger partial charge in [0, 0.05) is 13.2 Å². The number of ether oxygens (including phenoxy) is 1. The third-order valence-corrected chi connectivity index (χ3v) is 3.26. The minimum absolute atomic E-state index is 0.107. The first-order chi connectivity index (χ1) is 9.61. The molecule has 2 heterocycles. The number of pyridine rings is 1. The largest absolute Gasteiger partial charge is 0.481 e. The number of hydrogen-bond donors (Lipinski definition) is 2. The van der Waals surface area contributed by atoms with Gasteiger partial charge in [0.1, 0.15) is 0 Å². The zero-order valence-electron chi connectivity index (χ0n) is 10.6. The summed E-state index contributed by atoms with van der Waals surface area (Å²) < 4.78 is 6.97. The topological polar surface area (TPSA) is 106 Å². The number of carboxylic acid groups (broad SMARTS) is 1. The van der Waals surface area contributed by atoms with Gasteiger partial charge in [-0.15, -0.1) is 10.2 Å². The molecule has 20 heavy (non-hydrogen) atoms. The molecular weight excluding hydrogens is 284 g/mol. The van der Waals surface area contributed by atoms with Crippen LogP contribution in [0.25, 0.3) is 5.65 Å². The molecule has 9 heteroatoms. The van der Waals surface area contributed by atoms with Crippen LogP contribution in [0.1, 0.15) is 0 Å². The number of rotatable bonds is 6. The second-order valence-corrected chi connectivity index (χ2v) is 4.64. The highest BCUT2D eigenvalue weighted by molar-refractivity contribution is 7.99. The molecule has 0 aromatic carbocycles. The molecule has 0 aliphatic rings. The lowest BCUT2D eigenvalue weighted by Gasteiger charge is -2.06. The van der Waals surface area contributed by atoms with Crippen molar-refractivity contribution in [1.29, 1.82) is 0 Å². The van der Waals surface area contributed by atoms with Crippen LogP contribution in [0.3, 0.4) is 0 Å². The van der Waals surface area contributed by atoms with Crippen molar-refractivity contribution in [3.63, 3.8) is 0 Å². The summed E-state index contributed by atoms with van der Waals surface area (Å²) in [6.45, 7) is -0.124. The van der Waals surface area contributed by atoms with Crippen molar-refractivity contribution in [2.45, 2.75) is 5.16 Å². The lowest BCUT2D eigenvalue weighted by atomic mass is 10.4. The Bertz CT molecular complexity index is 642. The standard InChI is InChI=1S/C11H12N4O4S/c1-12-8(16)5-19-7-3-2-4-15-10(7)13-14-11(15)20-6-9(17)18/h2-4H,5-6H2,1H3,(H,12,16)(H,17,18). The zero-order valence-corrected chi connectivity index (χ0v) is 11.4. The van der Waals surface area contributed by atoms with E-state index < -0.39 is 5.97 Å². The van der Waals surface area contributed by atoms with Crippen LogP contribution in [0, 0.1) is 0 Å². The lowest BCUT2D eigenvalue weighted by Crippen LogP contribution is -2.24. The van der Waals surface area contributed by atoms with Crippen LogP contribution in [0.15, 0.2) is 23.5 Å². The number of carbonyl (C=O) groups excluding carboxylic acids is 1. The number of nitrogens with zero attached hydrogens (tertiary/aromatic N) is 3. The summed E-state index contributed by atoms with van der Waals surface area (Å²) in [4.78, 5) is 21.7. The summed E-state index contributed by atoms with van der Waals surface area (Å²) in [6, 6.07) is 3.37. The van der Waals surface area contributed by atoms with E-state index in [-0.39, 0.29) is 18.3 Å². The number of nitrogens with one attached hydrogen (secondary N) is 1. The molecule has 0 saturated carbocycles. The number of fused-ring (bicyclic) bond motifs is 1. The Balaban J connectivity index is 2.20. The molecule has 0 radical (unpaired) electrons. The maximum Gasteiger partial charge on any atom is 0.313 e. The number of thioether (sulfide) groups is 1. The minimum Gasteiger partial charge on any atom is -0.481 e. The normalized spacial score (nSPS) is 10.4. The molecule has 2 aromatic heterocycles. The SMILES string of the molecule is CNC(=O)COc1cccn2c(SCC(=O)O)nnc12. The van der Waals surface area contributed by atoms with Gasteiger partial charge < -0.3 is 15.2 Å². The van der Waals surface area contributed by atoms with Gasteiger partial charge in [0.15, 0.2) is 17.5 Å². The number of amides is 1. The van der Waals surface area contributed by atoms with Crippen LogP contribution in [-0.4, -0.2) is 51.0 Å². The summed E-state index contributed by atoms with van der Waals surface area (Å²) in [5, 5.41) is 19.4. The highest BCUT2D eigenvalue weighted by Gasteiger charge is 2.12. The summed E-state index contributed by atoms with van der Waals surface area (Å²) >= 11 is 1.06. The van der Waals surface area contributed by atoms with Crippen LogP contribution in [0.5, 0.6) is 5.75 Å². The average molecular weight is 296 g/mol. The Kier molecular flexibility index (Phi) is 4.41. The Hall–Kier alpha value is -2.29. The fourth-order valence-corrected chi connectivity index (χ4v) is 2.06. The number of hydrogen-bond acceptors (Lipinski definition) is 6. The first-order valence-corrected chi connectivity index (χ1v) is 6.62. The van der Waals surface area contributed by atoms with E-state index in [2.05, 4.69) is 15.5 Å². The third-order valence-electron chi connectivity index (χ3n) is 2.33. The average Bonchev–Trinajstić information content (AvgIpc) is 2.86. The number of carbonyl (C=O) groups is 2. The molecule has 0 unspecified atom stereocenters. The van der Waals surface area contributed by atoms with Crippen LogP contribution >= 0.6 is 11.8 Å². The van der Waals surface area contributed by atoms with E-state index in [9.17, 15) is 9.59 Å². The van der Waals surface area contributed by atoms with E-state index in [0.29, 0.717) is 16.6 Å². The quantitative estimate of drug-likeness (QED) is 0.724. The summed E-state index contributed by atoms with van der Waals surface area (Å²) in [6.07, 6.45) is 1.70. The predicted molar refractivity (Wildman–Crippen MR) is 70.9 cm³/mol. The Morgan fingerprint density at radius 1 is 1.50 bits per heavy atom. The number of aliphatic carboxylic acids is 1. The molecular formula is C11H12N4O4S. The minimum atomic E-state index is -0.932. The first kappa shape index (κ1) is 14.1. The van der Waals surface area contributed by atoms with Crippen molar-refractivity contribution < 1.29 is 19.4 Å². The van der Waals surface area contributed by atoms with Gasteiger partial charge in [-0.25, -0.2) is 0 Å². The highest BCUT2D eigenvalue weighted by atomic mass is 32.2. The van der Waals surface area contributed by atoms with Crippen molar-refractivity contribution in [1.82, 2.24) is 19.9 Å². The van der Waals surface area contributed by atoms with Crippen LogP contribution < -0.4 is 10.1 Å². The molecule has 1 amide bonds. The zero-order chi connectivity index (χ0) is 14.5. The van der Waals surface area contributed by atoms with Gasteiger partial charge in [0.25, 0.3) is 5.91 Å². The van der Waals surface area contributed by atoms with Crippen LogP contribution in [0.4, 0.5) is 0 Å². The highest BCUT2D eigenvalue weighted by Crippen LogP contribution is 2.22. The number of likely N-dealkylation sites (N-methyl/N-ethyl adjacent to an activating group) is 1. The maximum atomic E-state index is 11.2. The Labute approximate surface area is 118 Å². The molecule has 0 aliphatic heterocycles. The fourth-order valence-electron chi connectivity index (χ4n) is 1.42. The lowest BCUT2D eigenvalue weighted by molar-refractivity contribution is -0.134. The fraction of sp³-hybridized carbons (Fsp3) is 0.273. The monoisotopic (exact) mass is 296 g/mol. The van der Waals surface area contributed by atoms with Gasteiger partial charge in [-0.3, -0.25) is 14.0 Å². The molecule has 2 aromatic rings. The van der Waals surface area contributed by atoms with E-state index in [1.54, 1.807) is 22.7 Å². The number of carboxylic acids is 1. The van der Waals surface area contributed by atoms with Gasteiger partial charge in [0.05, 0.1) is 5.75 Å². The molecule has 0 atom stereocenters. The molecule has 0 saturated heterocycles. The molecule has 0 fully saturated rings. The smallest absolute Gasteiger partial charge is 0.313 e. The van der Waals surface area contributed by atoms with Crippen molar-refractivity contribution in [2.75, 3.05) is 19.4 Å². The van der Waals surface area contributed by atoms with E-state index >= 15 is 0 Å². The van der Waals surface area contributed by atoms with Crippen molar-refractivity contribution in [2.24, 2.45) is 0 Å². The van der Waals surface area contributed by atoms with E-state index in [1.807, 2.05) is 0 Å². The summed E-state index contributed by atoms with van der Waals surface area (Å²) in [5.74, 6) is -0.888. The Morgan fingerprint density at radius 2 is 2.30 bits per heavy atom. The second-order valence-electron chi connectivity index (χ2n) is 3.69. The van der Waals surface area contributed by atoms with Crippen molar-refractivity contribution in [3.05, 3.63) is 18.3 Å². The van der Waals surface area contributed by atoms with Gasteiger partial charge in [-0.2, -0.15) is 0 Å². The van der Waals surface area contributed by atoms with Crippen molar-refractivity contribution in [3.8, 4) is 5.75 Å². The maximum absolute atomic E-state index is 11.2. The van der Waals surface area contributed by atoms with E-state index in [1.165, 1.54) is 7.05 Å². The summed E-state index contributed by atoms with van der Waals surface area (Å²) in [7, 11) is 1.52. The molecule has 0 aliphatic carbocycles. The molecule has 2 N–H and O–H groups in total. The second kappa shape index (κ2) is 6.24. The molecule has 2 rings (SSSR count). The molecule has 106 valence electrons. The van der Waals surface area contributed by atoms with Gasteiger partial charge in [0.2, 0.25) is 5.65 Å². The van der Waals surface area contributed by atoms with Gasteiger partial charge >= 0.3 is 5.97 Å². The predicted octanol–water partition coefficient (Wildman–Crippen LogP) is 0.0308.